The standard InChI is InChI=1S/C31H33F3O8S/c1-4-7-21-24(12-11-19(17(2)35)27(21)37)41-15-6-5-8-20(23(36)13-14-31(32,33)34)26-28(38)22-10-9-18(43)16-25(22)42-29(26)30(39)40-3/h5,8,10-12,16,20,23,36-37H,4,6-7,9,13-15H2,1-3H3/b8-5-/t20-,23-/m1/s1. The molecule has 1 aromatic carbocycles. The fraction of sp³-hybridized carbons (Fsp3) is 0.419. The largest absolute Gasteiger partial charge is 0.507 e. The van der Waals surface area contributed by atoms with E-state index in [-0.39, 0.29) is 52.7 Å². The van der Waals surface area contributed by atoms with Gasteiger partial charge in [-0.2, -0.15) is 13.2 Å². The third-order valence-electron chi connectivity index (χ3n) is 6.86. The van der Waals surface area contributed by atoms with Crippen LogP contribution in [0.2, 0.25) is 0 Å². The number of Topliss-reactive ketones (excluding diaryl/α,β-unsaturated/α-hetero) is 1. The van der Waals surface area contributed by atoms with E-state index in [0.29, 0.717) is 29.0 Å². The highest BCUT2D eigenvalue weighted by Gasteiger charge is 2.34. The number of rotatable bonds is 13. The fourth-order valence-corrected chi connectivity index (χ4v) is 4.94. The van der Waals surface area contributed by atoms with Crippen LogP contribution in [0.1, 0.15) is 83.9 Å². The van der Waals surface area contributed by atoms with Crippen LogP contribution in [0.5, 0.6) is 11.5 Å². The number of phenols is 1. The first-order valence-corrected chi connectivity index (χ1v) is 14.1. The van der Waals surface area contributed by atoms with Crippen LogP contribution < -0.4 is 20.8 Å². The number of benzene rings is 1. The van der Waals surface area contributed by atoms with E-state index < -0.39 is 48.2 Å². The van der Waals surface area contributed by atoms with E-state index in [4.69, 9.17) is 26.1 Å². The van der Waals surface area contributed by atoms with E-state index in [0.717, 1.165) is 7.11 Å². The lowest BCUT2D eigenvalue weighted by Crippen LogP contribution is -2.46. The predicted molar refractivity (Wildman–Crippen MR) is 157 cm³/mol. The number of phenolic OH excluding ortho intramolecular Hbond substituents is 1. The number of aliphatic hydroxyl groups is 1. The summed E-state index contributed by atoms with van der Waals surface area (Å²) >= 11 is 5.16. The van der Waals surface area contributed by atoms with Gasteiger partial charge in [0, 0.05) is 29.2 Å². The first-order valence-electron chi connectivity index (χ1n) is 13.7. The Balaban J connectivity index is 1.97. The van der Waals surface area contributed by atoms with Gasteiger partial charge < -0.3 is 24.1 Å². The Morgan fingerprint density at radius 3 is 2.60 bits per heavy atom. The second-order valence-corrected chi connectivity index (χ2v) is 10.5. The molecule has 1 aromatic heterocycles. The molecule has 2 atom stereocenters. The first kappa shape index (κ1) is 33.7. The predicted octanol–water partition coefficient (Wildman–Crippen LogP) is 4.43. The van der Waals surface area contributed by atoms with Crippen LogP contribution in [-0.4, -0.2) is 52.8 Å². The normalized spacial score (nSPS) is 14.4. The van der Waals surface area contributed by atoms with E-state index in [2.05, 4.69) is 0 Å². The number of ether oxygens (including phenoxy) is 2. The lowest BCUT2D eigenvalue weighted by Gasteiger charge is -2.22. The van der Waals surface area contributed by atoms with Gasteiger partial charge in [0.15, 0.2) is 11.2 Å². The Morgan fingerprint density at radius 2 is 1.98 bits per heavy atom. The van der Waals surface area contributed by atoms with E-state index >= 15 is 0 Å². The third kappa shape index (κ3) is 8.41. The molecule has 1 aliphatic carbocycles. The number of halogens is 3. The molecule has 232 valence electrons. The Bertz CT molecular complexity index is 1590. The molecular formula is C31H33F3O8S. The van der Waals surface area contributed by atoms with Crippen LogP contribution in [0.25, 0.3) is 12.2 Å². The summed E-state index contributed by atoms with van der Waals surface area (Å²) < 4.78 is 55.4. The monoisotopic (exact) mass is 622 g/mol. The number of methoxy groups -OCH3 is 1. The highest BCUT2D eigenvalue weighted by Crippen LogP contribution is 2.33. The zero-order valence-electron chi connectivity index (χ0n) is 24.0. The number of esters is 1. The second-order valence-electron chi connectivity index (χ2n) is 10.0. The minimum atomic E-state index is -4.56. The minimum Gasteiger partial charge on any atom is -0.507 e. The van der Waals surface area contributed by atoms with E-state index in [1.165, 1.54) is 37.3 Å². The molecule has 12 heteroatoms. The molecular weight excluding hydrogens is 589 g/mol. The van der Waals surface area contributed by atoms with Crippen LogP contribution in [0.4, 0.5) is 13.2 Å². The smallest absolute Gasteiger partial charge is 0.389 e. The van der Waals surface area contributed by atoms with Crippen molar-refractivity contribution in [1.29, 1.82) is 0 Å². The molecule has 2 aromatic rings. The van der Waals surface area contributed by atoms with Gasteiger partial charge in [-0.1, -0.05) is 43.8 Å². The molecule has 43 heavy (non-hydrogen) atoms. The molecule has 0 bridgehead atoms. The topological polar surface area (TPSA) is 123 Å². The van der Waals surface area contributed by atoms with E-state index in [1.54, 1.807) is 6.07 Å². The first-order chi connectivity index (χ1) is 20.3. The fourth-order valence-electron chi connectivity index (χ4n) is 4.75. The van der Waals surface area contributed by atoms with Gasteiger partial charge in [-0.25, -0.2) is 4.79 Å². The number of aliphatic hydroxyl groups excluding tert-OH is 1. The van der Waals surface area contributed by atoms with Crippen LogP contribution in [0, 0.1) is 0 Å². The number of alkyl halides is 3. The number of carbonyl (C=O) groups excluding carboxylic acids is 2. The number of fused-ring (bicyclic) bond motifs is 1. The molecule has 0 amide bonds. The summed E-state index contributed by atoms with van der Waals surface area (Å²) in [6.07, 6.45) is -0.993. The van der Waals surface area contributed by atoms with E-state index in [1.807, 2.05) is 6.92 Å². The summed E-state index contributed by atoms with van der Waals surface area (Å²) in [5.41, 5.74) is -0.351. The van der Waals surface area contributed by atoms with Crippen molar-refractivity contribution >= 4 is 41.0 Å². The zero-order chi connectivity index (χ0) is 31.9. The van der Waals surface area contributed by atoms with Crippen molar-refractivity contribution in [2.24, 2.45) is 0 Å². The SMILES string of the molecule is CCCc1c(OCC/C=C\[C@@H](c2c(C(=O)OC)oc3c(c2=O)=CCC(=S)C=3)[C@H](O)CCC(F)(F)F)ccc(C(C)=O)c1O. The Kier molecular flexibility index (Phi) is 11.5. The van der Waals surface area contributed by atoms with Crippen molar-refractivity contribution < 1.29 is 46.9 Å². The van der Waals surface area contributed by atoms with Crippen molar-refractivity contribution in [2.45, 2.75) is 70.6 Å². The number of carbonyl (C=O) groups is 2. The minimum absolute atomic E-state index is 0.0215. The van der Waals surface area contributed by atoms with Gasteiger partial charge in [0.25, 0.3) is 0 Å². The Morgan fingerprint density at radius 1 is 1.26 bits per heavy atom. The molecule has 0 fully saturated rings. The molecule has 0 spiro atoms. The van der Waals surface area contributed by atoms with Crippen molar-refractivity contribution in [3.8, 4) is 11.5 Å². The molecule has 1 aliphatic rings. The number of hydrogen-bond acceptors (Lipinski definition) is 9. The van der Waals surface area contributed by atoms with Crippen molar-refractivity contribution in [3.63, 3.8) is 0 Å². The number of hydrogen-bond donors (Lipinski definition) is 2. The van der Waals surface area contributed by atoms with Crippen molar-refractivity contribution in [3.05, 3.63) is 67.6 Å². The highest BCUT2D eigenvalue weighted by molar-refractivity contribution is 7.81. The number of aromatic hydroxyl groups is 1. The molecule has 0 radical (unpaired) electrons. The molecule has 0 saturated carbocycles. The van der Waals surface area contributed by atoms with Crippen LogP contribution >= 0.6 is 12.2 Å². The molecule has 0 saturated heterocycles. The average Bonchev–Trinajstić information content (AvgIpc) is 2.94. The molecule has 0 aliphatic heterocycles. The second kappa shape index (κ2) is 14.6. The summed E-state index contributed by atoms with van der Waals surface area (Å²) in [5, 5.41) is 21.5. The summed E-state index contributed by atoms with van der Waals surface area (Å²) in [4.78, 5) is 38.5. The maximum Gasteiger partial charge on any atom is 0.389 e. The summed E-state index contributed by atoms with van der Waals surface area (Å²) in [5.74, 6) is -3.01. The summed E-state index contributed by atoms with van der Waals surface area (Å²) in [7, 11) is 1.06. The Labute approximate surface area is 251 Å². The number of thiocarbonyl (C=S) groups is 1. The van der Waals surface area contributed by atoms with Crippen molar-refractivity contribution in [1.82, 2.24) is 0 Å². The maximum atomic E-state index is 13.6. The molecule has 8 nitrogen and oxygen atoms in total. The molecule has 3 rings (SSSR count). The summed E-state index contributed by atoms with van der Waals surface area (Å²) in [6, 6.07) is 3.04. The van der Waals surface area contributed by atoms with Gasteiger partial charge in [0.1, 0.15) is 16.9 Å². The van der Waals surface area contributed by atoms with Gasteiger partial charge in [-0.3, -0.25) is 9.59 Å². The number of ketones is 1. The summed E-state index contributed by atoms with van der Waals surface area (Å²) in [6.45, 7) is 3.30. The highest BCUT2D eigenvalue weighted by atomic mass is 32.1. The zero-order valence-corrected chi connectivity index (χ0v) is 24.8. The van der Waals surface area contributed by atoms with Gasteiger partial charge in [-0.15, -0.1) is 0 Å². The quantitative estimate of drug-likeness (QED) is 0.110. The Hall–Kier alpha value is -3.77. The lowest BCUT2D eigenvalue weighted by atomic mass is 9.88. The van der Waals surface area contributed by atoms with E-state index in [9.17, 15) is 37.8 Å². The van der Waals surface area contributed by atoms with Gasteiger partial charge in [0.05, 0.1) is 36.2 Å². The molecule has 1 heterocycles. The molecule has 0 unspecified atom stereocenters. The van der Waals surface area contributed by atoms with Gasteiger partial charge in [-0.05, 0) is 44.4 Å². The third-order valence-corrected chi connectivity index (χ3v) is 7.14. The molecule has 2 N–H and O–H groups in total. The van der Waals surface area contributed by atoms with Crippen LogP contribution in [-0.2, 0) is 11.2 Å². The van der Waals surface area contributed by atoms with Crippen LogP contribution in [0.15, 0.2) is 33.5 Å². The lowest BCUT2D eigenvalue weighted by molar-refractivity contribution is -0.140. The van der Waals surface area contributed by atoms with Crippen molar-refractivity contribution in [2.75, 3.05) is 13.7 Å². The van der Waals surface area contributed by atoms with Gasteiger partial charge >= 0.3 is 12.1 Å². The average molecular weight is 623 g/mol. The van der Waals surface area contributed by atoms with Crippen LogP contribution in [0.3, 0.4) is 0 Å². The maximum absolute atomic E-state index is 13.6. The van der Waals surface area contributed by atoms with Gasteiger partial charge in [0.2, 0.25) is 5.76 Å².